The Morgan fingerprint density at radius 1 is 1.46 bits per heavy atom. The maximum Gasteiger partial charge on any atom is 0.0443 e. The van der Waals surface area contributed by atoms with Crippen molar-refractivity contribution < 1.29 is 0 Å². The molecule has 1 heteroatoms. The van der Waals surface area contributed by atoms with E-state index in [9.17, 15) is 0 Å². The van der Waals surface area contributed by atoms with Gasteiger partial charge in [0.05, 0.1) is 0 Å². The summed E-state index contributed by atoms with van der Waals surface area (Å²) in [6.07, 6.45) is 1.05. The Hall–Kier alpha value is -1.24. The van der Waals surface area contributed by atoms with E-state index in [2.05, 4.69) is 43.9 Å². The van der Waals surface area contributed by atoms with Crippen molar-refractivity contribution in [2.75, 3.05) is 5.32 Å². The van der Waals surface area contributed by atoms with Crippen molar-refractivity contribution in [2.24, 2.45) is 0 Å². The molecule has 1 nitrogen and oxygen atoms in total. The van der Waals surface area contributed by atoms with E-state index in [0.29, 0.717) is 0 Å². The van der Waals surface area contributed by atoms with E-state index >= 15 is 0 Å². The van der Waals surface area contributed by atoms with Crippen LogP contribution in [-0.2, 0) is 6.42 Å². The first kappa shape index (κ1) is 9.85. The minimum absolute atomic E-state index is 0.990. The lowest BCUT2D eigenvalue weighted by atomic mass is 10.1. The molecule has 0 heterocycles. The Balaban J connectivity index is 3.07. The number of para-hydroxylation sites is 1. The SMILES string of the molecule is C=C(C)Nc1c(C)cccc1CC. The van der Waals surface area contributed by atoms with Gasteiger partial charge in [0.2, 0.25) is 0 Å². The highest BCUT2D eigenvalue weighted by Gasteiger charge is 2.02. The Kier molecular flexibility index (Phi) is 3.13. The Bertz CT molecular complexity index is 313. The lowest BCUT2D eigenvalue weighted by Crippen LogP contribution is -2.00. The number of anilines is 1. The lowest BCUT2D eigenvalue weighted by Gasteiger charge is -2.13. The van der Waals surface area contributed by atoms with Crippen LogP contribution < -0.4 is 5.32 Å². The van der Waals surface area contributed by atoms with Crippen LogP contribution in [0, 0.1) is 6.92 Å². The molecule has 1 aromatic rings. The molecule has 0 saturated carbocycles. The summed E-state index contributed by atoms with van der Waals surface area (Å²) in [4.78, 5) is 0. The van der Waals surface area contributed by atoms with Crippen molar-refractivity contribution in [2.45, 2.75) is 27.2 Å². The fourth-order valence-electron chi connectivity index (χ4n) is 1.42. The van der Waals surface area contributed by atoms with E-state index in [4.69, 9.17) is 0 Å². The fourth-order valence-corrected chi connectivity index (χ4v) is 1.42. The molecule has 1 N–H and O–H groups in total. The predicted octanol–water partition coefficient (Wildman–Crippen LogP) is 3.50. The molecule has 0 amide bonds. The minimum atomic E-state index is 0.990. The van der Waals surface area contributed by atoms with Gasteiger partial charge in [-0.2, -0.15) is 0 Å². The molecule has 1 aromatic carbocycles. The third-order valence-corrected chi connectivity index (χ3v) is 2.08. The number of nitrogens with one attached hydrogen (secondary N) is 1. The molecule has 0 bridgehead atoms. The van der Waals surface area contributed by atoms with Crippen molar-refractivity contribution in [3.05, 3.63) is 41.6 Å². The van der Waals surface area contributed by atoms with E-state index in [0.717, 1.165) is 12.1 Å². The van der Waals surface area contributed by atoms with Crippen LogP contribution in [-0.4, -0.2) is 0 Å². The second-order valence-electron chi connectivity index (χ2n) is 3.37. The van der Waals surface area contributed by atoms with Crippen molar-refractivity contribution >= 4 is 5.69 Å². The summed E-state index contributed by atoms with van der Waals surface area (Å²) in [7, 11) is 0. The maximum absolute atomic E-state index is 3.86. The molecule has 0 aliphatic carbocycles. The second kappa shape index (κ2) is 4.13. The molecule has 1 rings (SSSR count). The summed E-state index contributed by atoms with van der Waals surface area (Å²) in [5.74, 6) is 0. The number of allylic oxidation sites excluding steroid dienone is 1. The van der Waals surface area contributed by atoms with E-state index in [1.807, 2.05) is 6.92 Å². The third-order valence-electron chi connectivity index (χ3n) is 2.08. The number of hydrogen-bond acceptors (Lipinski definition) is 1. The zero-order valence-corrected chi connectivity index (χ0v) is 8.65. The van der Waals surface area contributed by atoms with Gasteiger partial charge in [-0.1, -0.05) is 31.7 Å². The van der Waals surface area contributed by atoms with Crippen LogP contribution >= 0.6 is 0 Å². The minimum Gasteiger partial charge on any atom is -0.359 e. The molecule has 0 aromatic heterocycles. The first-order valence-electron chi connectivity index (χ1n) is 4.66. The first-order chi connectivity index (χ1) is 6.15. The summed E-state index contributed by atoms with van der Waals surface area (Å²) in [5, 5.41) is 3.30. The Labute approximate surface area is 80.5 Å². The molecular weight excluding hydrogens is 158 g/mol. The van der Waals surface area contributed by atoms with Gasteiger partial charge in [-0.05, 0) is 31.4 Å². The monoisotopic (exact) mass is 175 g/mol. The largest absolute Gasteiger partial charge is 0.359 e. The van der Waals surface area contributed by atoms with Gasteiger partial charge in [0.25, 0.3) is 0 Å². The van der Waals surface area contributed by atoms with Gasteiger partial charge in [-0.3, -0.25) is 0 Å². The molecule has 0 atom stereocenters. The molecule has 0 radical (unpaired) electrons. The molecule has 13 heavy (non-hydrogen) atoms. The predicted molar refractivity (Wildman–Crippen MR) is 59.0 cm³/mol. The van der Waals surface area contributed by atoms with E-state index < -0.39 is 0 Å². The molecule has 0 unspecified atom stereocenters. The molecule has 0 aliphatic rings. The Morgan fingerprint density at radius 3 is 2.69 bits per heavy atom. The zero-order valence-electron chi connectivity index (χ0n) is 8.65. The second-order valence-corrected chi connectivity index (χ2v) is 3.37. The van der Waals surface area contributed by atoms with Crippen LogP contribution in [0.3, 0.4) is 0 Å². The summed E-state index contributed by atoms with van der Waals surface area (Å²) < 4.78 is 0. The summed E-state index contributed by atoms with van der Waals surface area (Å²) >= 11 is 0. The summed E-state index contributed by atoms with van der Waals surface area (Å²) in [6, 6.07) is 6.36. The highest BCUT2D eigenvalue weighted by Crippen LogP contribution is 2.21. The lowest BCUT2D eigenvalue weighted by molar-refractivity contribution is 1.13. The van der Waals surface area contributed by atoms with E-state index in [1.54, 1.807) is 0 Å². The third kappa shape index (κ3) is 2.35. The average molecular weight is 175 g/mol. The molecule has 0 spiro atoms. The zero-order chi connectivity index (χ0) is 9.84. The van der Waals surface area contributed by atoms with Crippen LogP contribution in [0.25, 0.3) is 0 Å². The van der Waals surface area contributed by atoms with Gasteiger partial charge in [0.1, 0.15) is 0 Å². The maximum atomic E-state index is 3.86. The molecule has 0 aliphatic heterocycles. The first-order valence-corrected chi connectivity index (χ1v) is 4.66. The molecule has 0 saturated heterocycles. The highest BCUT2D eigenvalue weighted by atomic mass is 14.9. The Morgan fingerprint density at radius 2 is 2.15 bits per heavy atom. The number of hydrogen-bond donors (Lipinski definition) is 1. The normalized spacial score (nSPS) is 9.77. The van der Waals surface area contributed by atoms with Crippen LogP contribution in [0.4, 0.5) is 5.69 Å². The fraction of sp³-hybridized carbons (Fsp3) is 0.333. The van der Waals surface area contributed by atoms with Crippen molar-refractivity contribution in [1.29, 1.82) is 0 Å². The quantitative estimate of drug-likeness (QED) is 0.741. The number of benzene rings is 1. The molecule has 0 fully saturated rings. The number of rotatable bonds is 3. The van der Waals surface area contributed by atoms with Gasteiger partial charge in [0, 0.05) is 11.4 Å². The van der Waals surface area contributed by atoms with Crippen LogP contribution in [0.2, 0.25) is 0 Å². The molecular formula is C12H17N. The van der Waals surface area contributed by atoms with Gasteiger partial charge < -0.3 is 5.32 Å². The van der Waals surface area contributed by atoms with E-state index in [-0.39, 0.29) is 0 Å². The van der Waals surface area contributed by atoms with Gasteiger partial charge in [-0.25, -0.2) is 0 Å². The van der Waals surface area contributed by atoms with Crippen LogP contribution in [0.15, 0.2) is 30.5 Å². The summed E-state index contributed by atoms with van der Waals surface area (Å²) in [5.41, 5.74) is 4.84. The topological polar surface area (TPSA) is 12.0 Å². The molecule has 70 valence electrons. The summed E-state index contributed by atoms with van der Waals surface area (Å²) in [6.45, 7) is 10.1. The van der Waals surface area contributed by atoms with Crippen LogP contribution in [0.5, 0.6) is 0 Å². The highest BCUT2D eigenvalue weighted by molar-refractivity contribution is 5.59. The van der Waals surface area contributed by atoms with Crippen molar-refractivity contribution in [1.82, 2.24) is 0 Å². The van der Waals surface area contributed by atoms with Gasteiger partial charge >= 0.3 is 0 Å². The average Bonchev–Trinajstić information content (AvgIpc) is 2.08. The van der Waals surface area contributed by atoms with E-state index in [1.165, 1.54) is 16.8 Å². The number of aryl methyl sites for hydroxylation is 2. The van der Waals surface area contributed by atoms with Crippen molar-refractivity contribution in [3.63, 3.8) is 0 Å². The van der Waals surface area contributed by atoms with Crippen molar-refractivity contribution in [3.8, 4) is 0 Å². The smallest absolute Gasteiger partial charge is 0.0443 e. The van der Waals surface area contributed by atoms with Gasteiger partial charge in [0.15, 0.2) is 0 Å². The van der Waals surface area contributed by atoms with Crippen LogP contribution in [0.1, 0.15) is 25.0 Å². The van der Waals surface area contributed by atoms with Gasteiger partial charge in [-0.15, -0.1) is 0 Å². The standard InChI is InChI=1S/C12H17N/c1-5-11-8-6-7-10(4)12(11)13-9(2)3/h6-8,13H,2,5H2,1,3-4H3.